The highest BCUT2D eigenvalue weighted by Gasteiger charge is 2.35. The van der Waals surface area contributed by atoms with Gasteiger partial charge in [0, 0.05) is 6.54 Å². The smallest absolute Gasteiger partial charge is 0.411 e. The third kappa shape index (κ3) is 3.62. The van der Waals surface area contributed by atoms with E-state index >= 15 is 0 Å². The Hall–Kier alpha value is -1.25. The van der Waals surface area contributed by atoms with Crippen molar-refractivity contribution in [2.24, 2.45) is 0 Å². The minimum Gasteiger partial charge on any atom is -0.444 e. The summed E-state index contributed by atoms with van der Waals surface area (Å²) in [7, 11) is 0. The first-order chi connectivity index (χ1) is 8.79. The molecule has 1 atom stereocenters. The fourth-order valence-electron chi connectivity index (χ4n) is 2.04. The minimum atomic E-state index is -1.03. The molecule has 5 heteroatoms. The lowest BCUT2D eigenvalue weighted by atomic mass is 10.0. The van der Waals surface area contributed by atoms with Crippen molar-refractivity contribution < 1.29 is 19.4 Å². The first kappa shape index (κ1) is 14.2. The quantitative estimate of drug-likeness (QED) is 0.669. The van der Waals surface area contributed by atoms with Crippen LogP contribution in [0.25, 0.3) is 0 Å². The average Bonchev–Trinajstić information content (AvgIpc) is 2.69. The molecule has 2 fully saturated rings. The number of amides is 1. The predicted molar refractivity (Wildman–Crippen MR) is 69.5 cm³/mol. The molecule has 2 saturated heterocycles. The molecule has 1 N–H and O–H groups in total. The Bertz CT molecular complexity index is 411. The van der Waals surface area contributed by atoms with E-state index in [1.54, 1.807) is 4.90 Å². The summed E-state index contributed by atoms with van der Waals surface area (Å²) in [6, 6.07) is -0.167. The van der Waals surface area contributed by atoms with E-state index in [2.05, 4.69) is 11.8 Å². The first-order valence-electron chi connectivity index (χ1n) is 6.62. The molecular weight excluding hydrogens is 246 g/mol. The van der Waals surface area contributed by atoms with Gasteiger partial charge in [0.15, 0.2) is 5.60 Å². The summed E-state index contributed by atoms with van der Waals surface area (Å²) in [4.78, 5) is 13.7. The van der Waals surface area contributed by atoms with Crippen molar-refractivity contribution >= 4 is 6.09 Å². The maximum absolute atomic E-state index is 12.0. The van der Waals surface area contributed by atoms with Crippen LogP contribution in [0.1, 0.15) is 33.6 Å². The van der Waals surface area contributed by atoms with Crippen LogP contribution >= 0.6 is 0 Å². The number of hydrogen-bond donors (Lipinski definition) is 1. The maximum atomic E-state index is 12.0. The lowest BCUT2D eigenvalue weighted by Crippen LogP contribution is -2.48. The normalized spacial score (nSPS) is 25.3. The summed E-state index contributed by atoms with van der Waals surface area (Å²) >= 11 is 0. The number of carbonyl (C=O) groups is 1. The number of nitrogens with zero attached hydrogens (tertiary/aromatic N) is 1. The van der Waals surface area contributed by atoms with E-state index in [1.807, 2.05) is 20.8 Å². The number of carbonyl (C=O) groups excluding carboxylic acids is 1. The molecule has 2 aliphatic heterocycles. The Morgan fingerprint density at radius 3 is 2.68 bits per heavy atom. The van der Waals surface area contributed by atoms with Gasteiger partial charge in [0.2, 0.25) is 0 Å². The van der Waals surface area contributed by atoms with E-state index in [1.165, 1.54) is 0 Å². The van der Waals surface area contributed by atoms with Crippen molar-refractivity contribution in [1.29, 1.82) is 0 Å². The van der Waals surface area contributed by atoms with Crippen molar-refractivity contribution in [2.45, 2.75) is 50.9 Å². The van der Waals surface area contributed by atoms with E-state index in [9.17, 15) is 9.90 Å². The Kier molecular flexibility index (Phi) is 3.75. The highest BCUT2D eigenvalue weighted by atomic mass is 16.6. The molecular formula is C14H21NO4. The molecule has 0 radical (unpaired) electrons. The van der Waals surface area contributed by atoms with Gasteiger partial charge >= 0.3 is 6.09 Å². The molecule has 0 saturated carbocycles. The summed E-state index contributed by atoms with van der Waals surface area (Å²) in [5, 5.41) is 9.85. The molecule has 19 heavy (non-hydrogen) atoms. The summed E-state index contributed by atoms with van der Waals surface area (Å²) in [6.07, 6.45) is 1.40. The van der Waals surface area contributed by atoms with Gasteiger partial charge in [-0.25, -0.2) is 4.79 Å². The number of hydrogen-bond acceptors (Lipinski definition) is 4. The van der Waals surface area contributed by atoms with Crippen LogP contribution in [0.15, 0.2) is 0 Å². The van der Waals surface area contributed by atoms with Gasteiger partial charge in [0.1, 0.15) is 5.60 Å². The lowest BCUT2D eigenvalue weighted by molar-refractivity contribution is -0.141. The van der Waals surface area contributed by atoms with E-state index < -0.39 is 11.2 Å². The Morgan fingerprint density at radius 2 is 2.16 bits per heavy atom. The van der Waals surface area contributed by atoms with Gasteiger partial charge in [0.25, 0.3) is 0 Å². The standard InChI is InChI=1S/C14H21NO4/c1-13(2,3)19-12(16)15-8-4-5-11(15)6-7-14(17)9-18-10-14/h11,17H,4-5,8-10H2,1-3H3/t11-/m0/s1. The molecule has 2 heterocycles. The highest BCUT2D eigenvalue weighted by molar-refractivity contribution is 5.69. The number of ether oxygens (including phenoxy) is 2. The minimum absolute atomic E-state index is 0.167. The summed E-state index contributed by atoms with van der Waals surface area (Å²) in [5.74, 6) is 5.80. The van der Waals surface area contributed by atoms with Crippen LogP contribution in [0.2, 0.25) is 0 Å². The maximum Gasteiger partial charge on any atom is 0.411 e. The summed E-state index contributed by atoms with van der Waals surface area (Å²) in [5.41, 5.74) is -1.53. The van der Waals surface area contributed by atoms with Gasteiger partial charge in [-0.3, -0.25) is 4.90 Å². The topological polar surface area (TPSA) is 59.0 Å². The molecule has 0 aliphatic carbocycles. The van der Waals surface area contributed by atoms with Crippen LogP contribution < -0.4 is 0 Å². The van der Waals surface area contributed by atoms with Crippen molar-refractivity contribution in [3.63, 3.8) is 0 Å². The molecule has 1 amide bonds. The molecule has 0 aromatic carbocycles. The van der Waals surface area contributed by atoms with E-state index in [4.69, 9.17) is 9.47 Å². The molecule has 106 valence electrons. The van der Waals surface area contributed by atoms with Gasteiger partial charge in [-0.1, -0.05) is 11.8 Å². The zero-order valence-electron chi connectivity index (χ0n) is 11.7. The van der Waals surface area contributed by atoms with Crippen LogP contribution in [0.5, 0.6) is 0 Å². The predicted octanol–water partition coefficient (Wildman–Crippen LogP) is 1.15. The molecule has 2 rings (SSSR count). The van der Waals surface area contributed by atoms with Gasteiger partial charge in [0.05, 0.1) is 19.3 Å². The zero-order chi connectivity index (χ0) is 14.1. The van der Waals surface area contributed by atoms with Gasteiger partial charge < -0.3 is 14.6 Å². The Balaban J connectivity index is 1.98. The third-order valence-electron chi connectivity index (χ3n) is 3.03. The molecule has 5 nitrogen and oxygen atoms in total. The third-order valence-corrected chi connectivity index (χ3v) is 3.03. The largest absolute Gasteiger partial charge is 0.444 e. The van der Waals surface area contributed by atoms with Crippen LogP contribution in [0, 0.1) is 11.8 Å². The van der Waals surface area contributed by atoms with Crippen LogP contribution in [0.4, 0.5) is 4.79 Å². The highest BCUT2D eigenvalue weighted by Crippen LogP contribution is 2.21. The fraction of sp³-hybridized carbons (Fsp3) is 0.786. The first-order valence-corrected chi connectivity index (χ1v) is 6.62. The SMILES string of the molecule is CC(C)(C)OC(=O)N1CCC[C@H]1C#CC1(O)COC1. The fourth-order valence-corrected chi connectivity index (χ4v) is 2.04. The lowest BCUT2D eigenvalue weighted by Gasteiger charge is -2.31. The monoisotopic (exact) mass is 267 g/mol. The zero-order valence-corrected chi connectivity index (χ0v) is 11.7. The average molecular weight is 267 g/mol. The second-order valence-corrected chi connectivity index (χ2v) is 6.13. The molecule has 0 bridgehead atoms. The summed E-state index contributed by atoms with van der Waals surface area (Å²) in [6.45, 7) is 6.68. The number of aliphatic hydroxyl groups is 1. The number of likely N-dealkylation sites (tertiary alicyclic amines) is 1. The second-order valence-electron chi connectivity index (χ2n) is 6.13. The van der Waals surface area contributed by atoms with Crippen molar-refractivity contribution in [2.75, 3.05) is 19.8 Å². The van der Waals surface area contributed by atoms with Crippen molar-refractivity contribution in [3.8, 4) is 11.8 Å². The molecule has 0 spiro atoms. The second kappa shape index (κ2) is 5.03. The van der Waals surface area contributed by atoms with Gasteiger partial charge in [-0.15, -0.1) is 0 Å². The van der Waals surface area contributed by atoms with E-state index in [-0.39, 0.29) is 25.3 Å². The van der Waals surface area contributed by atoms with Crippen molar-refractivity contribution in [1.82, 2.24) is 4.90 Å². The van der Waals surface area contributed by atoms with Gasteiger partial charge in [-0.05, 0) is 33.6 Å². The van der Waals surface area contributed by atoms with Crippen LogP contribution in [-0.2, 0) is 9.47 Å². The van der Waals surface area contributed by atoms with E-state index in [0.717, 1.165) is 12.8 Å². The van der Waals surface area contributed by atoms with E-state index in [0.29, 0.717) is 6.54 Å². The van der Waals surface area contributed by atoms with Gasteiger partial charge in [-0.2, -0.15) is 0 Å². The number of rotatable bonds is 0. The molecule has 0 aromatic heterocycles. The Labute approximate surface area is 113 Å². The molecule has 0 aromatic rings. The van der Waals surface area contributed by atoms with Crippen LogP contribution in [0.3, 0.4) is 0 Å². The summed E-state index contributed by atoms with van der Waals surface area (Å²) < 4.78 is 10.3. The van der Waals surface area contributed by atoms with Crippen LogP contribution in [-0.4, -0.2) is 53.1 Å². The Morgan fingerprint density at radius 1 is 1.47 bits per heavy atom. The molecule has 2 aliphatic rings. The molecule has 0 unspecified atom stereocenters. The van der Waals surface area contributed by atoms with Crippen molar-refractivity contribution in [3.05, 3.63) is 0 Å².